The van der Waals surface area contributed by atoms with E-state index < -0.39 is 0 Å². The van der Waals surface area contributed by atoms with Crippen molar-refractivity contribution in [1.29, 1.82) is 0 Å². The van der Waals surface area contributed by atoms with Gasteiger partial charge in [-0.05, 0) is 40.2 Å². The highest BCUT2D eigenvalue weighted by molar-refractivity contribution is 9.09. The maximum Gasteiger partial charge on any atom is 0.164 e. The Balaban J connectivity index is 1.81. The first-order valence-corrected chi connectivity index (χ1v) is 11.1. The van der Waals surface area contributed by atoms with Crippen molar-refractivity contribution in [1.82, 2.24) is 0 Å². The summed E-state index contributed by atoms with van der Waals surface area (Å²) in [6.45, 7) is 0. The number of carbonyl (C=O) groups is 1. The third kappa shape index (κ3) is 4.33. The summed E-state index contributed by atoms with van der Waals surface area (Å²) in [6, 6.07) is 29.0. The van der Waals surface area contributed by atoms with Crippen molar-refractivity contribution in [2.75, 3.05) is 5.33 Å². The Morgan fingerprint density at radius 2 is 1.45 bits per heavy atom. The van der Waals surface area contributed by atoms with Crippen LogP contribution in [0.15, 0.2) is 97.1 Å². The Morgan fingerprint density at radius 1 is 0.862 bits per heavy atom. The van der Waals surface area contributed by atoms with Gasteiger partial charge in [0.25, 0.3) is 0 Å². The molecule has 3 aromatic rings. The van der Waals surface area contributed by atoms with Crippen molar-refractivity contribution >= 4 is 32.9 Å². The second-order valence-corrected chi connectivity index (χ2v) is 8.07. The SMILES string of the molecule is O=C1CC(CCBr)c2ccccc2/C1=C/C=C(c1ccccc1)c1ccccc1. The van der Waals surface area contributed by atoms with Crippen LogP contribution in [0.3, 0.4) is 0 Å². The molecule has 0 saturated carbocycles. The fraction of sp³-hybridized carbons (Fsp3) is 0.148. The summed E-state index contributed by atoms with van der Waals surface area (Å²) in [5, 5.41) is 0.907. The maximum atomic E-state index is 13.0. The average Bonchev–Trinajstić information content (AvgIpc) is 2.77. The minimum Gasteiger partial charge on any atom is -0.294 e. The number of benzene rings is 3. The number of alkyl halides is 1. The topological polar surface area (TPSA) is 17.1 Å². The fourth-order valence-corrected chi connectivity index (χ4v) is 4.58. The quantitative estimate of drug-likeness (QED) is 0.305. The zero-order chi connectivity index (χ0) is 20.1. The predicted octanol–water partition coefficient (Wildman–Crippen LogP) is 7.04. The summed E-state index contributed by atoms with van der Waals surface area (Å²) in [5.74, 6) is 0.522. The van der Waals surface area contributed by atoms with Gasteiger partial charge in [0.1, 0.15) is 0 Å². The van der Waals surface area contributed by atoms with Gasteiger partial charge in [-0.25, -0.2) is 0 Å². The van der Waals surface area contributed by atoms with Gasteiger partial charge < -0.3 is 0 Å². The second-order valence-electron chi connectivity index (χ2n) is 7.28. The number of halogens is 1. The van der Waals surface area contributed by atoms with E-state index in [1.54, 1.807) is 0 Å². The van der Waals surface area contributed by atoms with E-state index in [1.165, 1.54) is 5.56 Å². The molecule has 2 heteroatoms. The number of ketones is 1. The Morgan fingerprint density at radius 3 is 2.07 bits per heavy atom. The maximum absolute atomic E-state index is 13.0. The zero-order valence-electron chi connectivity index (χ0n) is 16.2. The van der Waals surface area contributed by atoms with E-state index in [0.717, 1.165) is 39.6 Å². The van der Waals surface area contributed by atoms with Crippen LogP contribution in [0.1, 0.15) is 41.0 Å². The summed E-state index contributed by atoms with van der Waals surface area (Å²) < 4.78 is 0. The predicted molar refractivity (Wildman–Crippen MR) is 125 cm³/mol. The van der Waals surface area contributed by atoms with E-state index >= 15 is 0 Å². The number of carbonyl (C=O) groups excluding carboxylic acids is 1. The summed E-state index contributed by atoms with van der Waals surface area (Å²) in [4.78, 5) is 13.0. The van der Waals surface area contributed by atoms with Crippen molar-refractivity contribution in [2.45, 2.75) is 18.8 Å². The monoisotopic (exact) mass is 442 g/mol. The number of rotatable bonds is 5. The smallest absolute Gasteiger partial charge is 0.164 e. The molecule has 0 aliphatic heterocycles. The van der Waals surface area contributed by atoms with Gasteiger partial charge in [-0.3, -0.25) is 4.79 Å². The van der Waals surface area contributed by atoms with Crippen LogP contribution in [0.2, 0.25) is 0 Å². The van der Waals surface area contributed by atoms with Gasteiger partial charge in [-0.1, -0.05) is 113 Å². The molecule has 0 amide bonds. The normalized spacial score (nSPS) is 17.1. The molecular weight excluding hydrogens is 420 g/mol. The van der Waals surface area contributed by atoms with E-state index in [1.807, 2.05) is 48.5 Å². The minimum atomic E-state index is 0.228. The van der Waals surface area contributed by atoms with Gasteiger partial charge in [-0.2, -0.15) is 0 Å². The first kappa shape index (κ1) is 19.6. The molecular formula is C27H23BrO. The highest BCUT2D eigenvalue weighted by Crippen LogP contribution is 2.38. The van der Waals surface area contributed by atoms with Crippen LogP contribution in [-0.4, -0.2) is 11.1 Å². The summed E-state index contributed by atoms with van der Waals surface area (Å²) >= 11 is 3.54. The lowest BCUT2D eigenvalue weighted by atomic mass is 9.77. The summed E-state index contributed by atoms with van der Waals surface area (Å²) in [5.41, 5.74) is 6.58. The molecule has 1 aliphatic rings. The average molecular weight is 443 g/mol. The molecule has 0 saturated heterocycles. The Kier molecular flexibility index (Phi) is 6.21. The van der Waals surface area contributed by atoms with Crippen molar-refractivity contribution in [2.24, 2.45) is 0 Å². The number of allylic oxidation sites excluding steroid dienone is 3. The number of fused-ring (bicyclic) bond motifs is 1. The lowest BCUT2D eigenvalue weighted by molar-refractivity contribution is -0.114. The van der Waals surface area contributed by atoms with Crippen LogP contribution in [0.4, 0.5) is 0 Å². The molecule has 1 nitrogen and oxygen atoms in total. The van der Waals surface area contributed by atoms with Gasteiger partial charge in [0.15, 0.2) is 5.78 Å². The van der Waals surface area contributed by atoms with Crippen molar-refractivity contribution in [3.63, 3.8) is 0 Å². The first-order valence-electron chi connectivity index (χ1n) is 9.99. The van der Waals surface area contributed by atoms with Crippen molar-refractivity contribution < 1.29 is 4.79 Å². The molecule has 0 N–H and O–H groups in total. The summed E-state index contributed by atoms with van der Waals surface area (Å²) in [6.07, 6.45) is 5.67. The van der Waals surface area contributed by atoms with Crippen LogP contribution in [0.5, 0.6) is 0 Å². The molecule has 0 fully saturated rings. The fourth-order valence-electron chi connectivity index (χ4n) is 4.03. The standard InChI is InChI=1S/C27H23BrO/c28-18-17-22-19-27(29)26(25-14-8-7-13-24(22)25)16-15-23(20-9-3-1-4-10-20)21-11-5-2-6-12-21/h1-16,22H,17-19H2/b26-16-. The molecule has 3 aromatic carbocycles. The van der Waals surface area contributed by atoms with E-state index in [0.29, 0.717) is 12.3 Å². The third-order valence-corrected chi connectivity index (χ3v) is 5.92. The van der Waals surface area contributed by atoms with E-state index in [9.17, 15) is 4.79 Å². The molecule has 0 bridgehead atoms. The molecule has 29 heavy (non-hydrogen) atoms. The zero-order valence-corrected chi connectivity index (χ0v) is 17.8. The van der Waals surface area contributed by atoms with Crippen LogP contribution < -0.4 is 0 Å². The molecule has 1 aliphatic carbocycles. The van der Waals surface area contributed by atoms with Crippen LogP contribution in [0, 0.1) is 0 Å². The lowest BCUT2D eigenvalue weighted by Crippen LogP contribution is -2.18. The second kappa shape index (κ2) is 9.19. The van der Waals surface area contributed by atoms with Crippen LogP contribution in [0.25, 0.3) is 11.1 Å². The highest BCUT2D eigenvalue weighted by Gasteiger charge is 2.28. The van der Waals surface area contributed by atoms with Gasteiger partial charge in [0.05, 0.1) is 0 Å². The molecule has 144 valence electrons. The van der Waals surface area contributed by atoms with Crippen LogP contribution >= 0.6 is 15.9 Å². The Hall–Kier alpha value is -2.71. The number of Topliss-reactive ketones (excluding diaryl/α,β-unsaturated/α-hetero) is 1. The van der Waals surface area contributed by atoms with Gasteiger partial charge in [-0.15, -0.1) is 0 Å². The number of hydrogen-bond acceptors (Lipinski definition) is 1. The largest absolute Gasteiger partial charge is 0.294 e. The molecule has 0 spiro atoms. The molecule has 0 aromatic heterocycles. The van der Waals surface area contributed by atoms with E-state index in [2.05, 4.69) is 64.5 Å². The molecule has 4 rings (SSSR count). The van der Waals surface area contributed by atoms with Crippen LogP contribution in [-0.2, 0) is 4.79 Å². The third-order valence-electron chi connectivity index (χ3n) is 5.47. The molecule has 1 atom stereocenters. The van der Waals surface area contributed by atoms with Crippen molar-refractivity contribution in [3.8, 4) is 0 Å². The number of hydrogen-bond donors (Lipinski definition) is 0. The highest BCUT2D eigenvalue weighted by atomic mass is 79.9. The lowest BCUT2D eigenvalue weighted by Gasteiger charge is -2.26. The first-order chi connectivity index (χ1) is 14.3. The van der Waals surface area contributed by atoms with E-state index in [4.69, 9.17) is 0 Å². The minimum absolute atomic E-state index is 0.228. The molecule has 1 unspecified atom stereocenters. The summed E-state index contributed by atoms with van der Waals surface area (Å²) in [7, 11) is 0. The van der Waals surface area contributed by atoms with Crippen molar-refractivity contribution in [3.05, 3.63) is 119 Å². The van der Waals surface area contributed by atoms with E-state index in [-0.39, 0.29) is 5.78 Å². The molecule has 0 heterocycles. The van der Waals surface area contributed by atoms with Gasteiger partial charge >= 0.3 is 0 Å². The molecule has 0 radical (unpaired) electrons. The van der Waals surface area contributed by atoms with Gasteiger partial charge in [0.2, 0.25) is 0 Å². The Bertz CT molecular complexity index is 1010. The van der Waals surface area contributed by atoms with Gasteiger partial charge in [0, 0.05) is 17.3 Å². The Labute approximate surface area is 180 Å².